The molecule has 4 rings (SSSR count). The summed E-state index contributed by atoms with van der Waals surface area (Å²) in [6, 6.07) is 8.59. The van der Waals surface area contributed by atoms with E-state index in [1.54, 1.807) is 0 Å². The van der Waals surface area contributed by atoms with Crippen LogP contribution >= 0.6 is 0 Å². The quantitative estimate of drug-likeness (QED) is 0.830. The zero-order chi connectivity index (χ0) is 14.2. The molecule has 0 bridgehead atoms. The Morgan fingerprint density at radius 1 is 1.00 bits per heavy atom. The summed E-state index contributed by atoms with van der Waals surface area (Å²) in [5, 5.41) is 1.36. The molecule has 1 aliphatic heterocycles. The molecule has 2 aliphatic rings. The maximum absolute atomic E-state index is 12.5. The maximum Gasteiger partial charge on any atom is 0.242 e. The number of benzene rings is 1. The van der Waals surface area contributed by atoms with Crippen molar-refractivity contribution >= 4 is 16.8 Å². The first-order valence-corrected chi connectivity index (χ1v) is 8.21. The number of likely N-dealkylation sites (tertiary alicyclic amines) is 1. The summed E-state index contributed by atoms with van der Waals surface area (Å²) in [5.41, 5.74) is 4.15. The number of fused-ring (bicyclic) bond motifs is 3. The predicted octanol–water partition coefficient (Wildman–Crippen LogP) is 3.14. The van der Waals surface area contributed by atoms with Crippen molar-refractivity contribution in [2.24, 2.45) is 0 Å². The molecule has 2 heterocycles. The molecule has 0 atom stereocenters. The van der Waals surface area contributed by atoms with Crippen LogP contribution in [0.1, 0.15) is 36.9 Å². The Kier molecular flexibility index (Phi) is 3.21. The number of hydrogen-bond acceptors (Lipinski definition) is 1. The standard InChI is InChI=1S/C18H22N2O/c21-18(19-11-5-6-12-19)13-20-16-9-3-1-7-14(16)15-8-2-4-10-17(15)20/h1,3,7,9H,2,4-6,8,10-13H2. The molecule has 3 heteroatoms. The van der Waals surface area contributed by atoms with E-state index in [1.165, 1.54) is 41.4 Å². The van der Waals surface area contributed by atoms with Crippen LogP contribution in [0, 0.1) is 0 Å². The fraction of sp³-hybridized carbons (Fsp3) is 0.500. The van der Waals surface area contributed by atoms with Crippen LogP contribution in [0.4, 0.5) is 0 Å². The molecule has 0 N–H and O–H groups in total. The van der Waals surface area contributed by atoms with E-state index in [0.29, 0.717) is 12.5 Å². The SMILES string of the molecule is O=C(Cn1c2c(c3ccccc31)CCCC2)N1CCCC1. The van der Waals surface area contributed by atoms with Gasteiger partial charge in [0.2, 0.25) is 5.91 Å². The van der Waals surface area contributed by atoms with Crippen LogP contribution in [-0.2, 0) is 24.2 Å². The predicted molar refractivity (Wildman–Crippen MR) is 84.4 cm³/mol. The van der Waals surface area contributed by atoms with Gasteiger partial charge in [-0.2, -0.15) is 0 Å². The minimum absolute atomic E-state index is 0.293. The fourth-order valence-corrected chi connectivity index (χ4v) is 3.97. The fourth-order valence-electron chi connectivity index (χ4n) is 3.97. The highest BCUT2D eigenvalue weighted by Gasteiger charge is 2.23. The summed E-state index contributed by atoms with van der Waals surface area (Å²) < 4.78 is 2.30. The normalized spacial score (nSPS) is 18.2. The highest BCUT2D eigenvalue weighted by molar-refractivity contribution is 5.88. The molecule has 1 fully saturated rings. The van der Waals surface area contributed by atoms with Gasteiger partial charge in [-0.15, -0.1) is 0 Å². The first-order valence-electron chi connectivity index (χ1n) is 8.21. The van der Waals surface area contributed by atoms with Crippen LogP contribution in [0.15, 0.2) is 24.3 Å². The Morgan fingerprint density at radius 3 is 2.62 bits per heavy atom. The Bertz CT molecular complexity index is 680. The average Bonchev–Trinajstić information content (AvgIpc) is 3.15. The van der Waals surface area contributed by atoms with Gasteiger partial charge >= 0.3 is 0 Å². The third-order valence-electron chi connectivity index (χ3n) is 5.04. The van der Waals surface area contributed by atoms with Gasteiger partial charge < -0.3 is 9.47 Å². The number of aromatic nitrogens is 1. The summed E-state index contributed by atoms with van der Waals surface area (Å²) >= 11 is 0. The van der Waals surface area contributed by atoms with Gasteiger partial charge in [-0.25, -0.2) is 0 Å². The van der Waals surface area contributed by atoms with E-state index in [2.05, 4.69) is 28.8 Å². The van der Waals surface area contributed by atoms with Crippen molar-refractivity contribution in [2.75, 3.05) is 13.1 Å². The van der Waals surface area contributed by atoms with Crippen LogP contribution in [0.25, 0.3) is 10.9 Å². The number of amides is 1. The van der Waals surface area contributed by atoms with Gasteiger partial charge in [-0.1, -0.05) is 18.2 Å². The van der Waals surface area contributed by atoms with Crippen molar-refractivity contribution in [3.05, 3.63) is 35.5 Å². The van der Waals surface area contributed by atoms with Crippen molar-refractivity contribution in [3.63, 3.8) is 0 Å². The molecular weight excluding hydrogens is 260 g/mol. The second-order valence-corrected chi connectivity index (χ2v) is 6.32. The Hall–Kier alpha value is -1.77. The molecule has 1 saturated heterocycles. The summed E-state index contributed by atoms with van der Waals surface area (Å²) in [6.45, 7) is 2.41. The highest BCUT2D eigenvalue weighted by Crippen LogP contribution is 2.32. The third-order valence-corrected chi connectivity index (χ3v) is 5.04. The van der Waals surface area contributed by atoms with Crippen LogP contribution in [-0.4, -0.2) is 28.5 Å². The van der Waals surface area contributed by atoms with Crippen LogP contribution < -0.4 is 0 Å². The second kappa shape index (κ2) is 5.21. The molecular formula is C18H22N2O. The van der Waals surface area contributed by atoms with Crippen LogP contribution in [0.2, 0.25) is 0 Å². The van der Waals surface area contributed by atoms with E-state index in [4.69, 9.17) is 0 Å². The second-order valence-electron chi connectivity index (χ2n) is 6.32. The zero-order valence-corrected chi connectivity index (χ0v) is 12.5. The Balaban J connectivity index is 1.75. The van der Waals surface area contributed by atoms with E-state index in [1.807, 2.05) is 4.90 Å². The van der Waals surface area contributed by atoms with E-state index in [-0.39, 0.29) is 0 Å². The summed E-state index contributed by atoms with van der Waals surface area (Å²) in [5.74, 6) is 0.293. The lowest BCUT2D eigenvalue weighted by atomic mass is 9.96. The molecule has 0 saturated carbocycles. The van der Waals surface area contributed by atoms with E-state index in [0.717, 1.165) is 32.4 Å². The average molecular weight is 282 g/mol. The van der Waals surface area contributed by atoms with Gasteiger partial charge in [-0.05, 0) is 50.2 Å². The number of rotatable bonds is 2. The van der Waals surface area contributed by atoms with Crippen LogP contribution in [0.3, 0.4) is 0 Å². The molecule has 2 aromatic rings. The Morgan fingerprint density at radius 2 is 1.76 bits per heavy atom. The van der Waals surface area contributed by atoms with Gasteiger partial charge in [0.25, 0.3) is 0 Å². The van der Waals surface area contributed by atoms with E-state index in [9.17, 15) is 4.79 Å². The molecule has 0 radical (unpaired) electrons. The number of nitrogens with zero attached hydrogens (tertiary/aromatic N) is 2. The van der Waals surface area contributed by atoms with Gasteiger partial charge in [0.1, 0.15) is 6.54 Å². The van der Waals surface area contributed by atoms with Gasteiger partial charge in [0.05, 0.1) is 0 Å². The molecule has 1 amide bonds. The molecule has 1 aromatic heterocycles. The number of aryl methyl sites for hydroxylation is 1. The zero-order valence-electron chi connectivity index (χ0n) is 12.5. The molecule has 3 nitrogen and oxygen atoms in total. The van der Waals surface area contributed by atoms with E-state index >= 15 is 0 Å². The lowest BCUT2D eigenvalue weighted by Gasteiger charge is -2.19. The maximum atomic E-state index is 12.5. The lowest BCUT2D eigenvalue weighted by Crippen LogP contribution is -2.31. The number of para-hydroxylation sites is 1. The number of carbonyl (C=O) groups is 1. The smallest absolute Gasteiger partial charge is 0.242 e. The van der Waals surface area contributed by atoms with Gasteiger partial charge in [0.15, 0.2) is 0 Å². The van der Waals surface area contributed by atoms with Crippen molar-refractivity contribution in [1.82, 2.24) is 9.47 Å². The summed E-state index contributed by atoms with van der Waals surface area (Å²) in [7, 11) is 0. The first kappa shape index (κ1) is 12.9. The molecule has 110 valence electrons. The molecule has 1 aliphatic carbocycles. The largest absolute Gasteiger partial charge is 0.341 e. The first-order chi connectivity index (χ1) is 10.3. The molecule has 0 spiro atoms. The van der Waals surface area contributed by atoms with Crippen molar-refractivity contribution in [3.8, 4) is 0 Å². The Labute approximate surface area is 125 Å². The molecule has 1 aromatic carbocycles. The van der Waals surface area contributed by atoms with Crippen LogP contribution in [0.5, 0.6) is 0 Å². The number of carbonyl (C=O) groups excluding carboxylic acids is 1. The van der Waals surface area contributed by atoms with Crippen molar-refractivity contribution in [1.29, 1.82) is 0 Å². The monoisotopic (exact) mass is 282 g/mol. The lowest BCUT2D eigenvalue weighted by molar-refractivity contribution is -0.130. The summed E-state index contributed by atoms with van der Waals surface area (Å²) in [6.07, 6.45) is 7.15. The minimum atomic E-state index is 0.293. The molecule has 0 unspecified atom stereocenters. The molecule has 21 heavy (non-hydrogen) atoms. The highest BCUT2D eigenvalue weighted by atomic mass is 16.2. The summed E-state index contributed by atoms with van der Waals surface area (Å²) in [4.78, 5) is 14.6. The van der Waals surface area contributed by atoms with Gasteiger partial charge in [-0.3, -0.25) is 4.79 Å². The van der Waals surface area contributed by atoms with Gasteiger partial charge in [0, 0.05) is 29.7 Å². The van der Waals surface area contributed by atoms with Crippen molar-refractivity contribution < 1.29 is 4.79 Å². The number of hydrogen-bond donors (Lipinski definition) is 0. The third kappa shape index (κ3) is 2.15. The van der Waals surface area contributed by atoms with Crippen molar-refractivity contribution in [2.45, 2.75) is 45.1 Å². The topological polar surface area (TPSA) is 25.2 Å². The van der Waals surface area contributed by atoms with E-state index < -0.39 is 0 Å². The minimum Gasteiger partial charge on any atom is -0.341 e.